The summed E-state index contributed by atoms with van der Waals surface area (Å²) in [4.78, 5) is 39.3. The number of piperidine rings is 1. The molecule has 2 amide bonds. The molecular weight excluding hydrogens is 490 g/mol. The number of benzene rings is 1. The van der Waals surface area contributed by atoms with Crippen molar-refractivity contribution in [3.05, 3.63) is 77.6 Å². The first-order valence-corrected chi connectivity index (χ1v) is 12.9. The van der Waals surface area contributed by atoms with Crippen LogP contribution in [-0.4, -0.2) is 63.9 Å². The maximum atomic E-state index is 13.9. The topological polar surface area (TPSA) is 75.6 Å². The number of carbonyl (C=O) groups excluding carboxylic acids is 2. The second kappa shape index (κ2) is 10.8. The van der Waals surface area contributed by atoms with Gasteiger partial charge in [-0.05, 0) is 55.0 Å². The third-order valence-electron chi connectivity index (χ3n) is 7.05. The summed E-state index contributed by atoms with van der Waals surface area (Å²) in [5.74, 6) is -0.961. The molecule has 2 fully saturated rings. The Morgan fingerprint density at radius 2 is 1.82 bits per heavy atom. The summed E-state index contributed by atoms with van der Waals surface area (Å²) >= 11 is 0. The van der Waals surface area contributed by atoms with Gasteiger partial charge < -0.3 is 14.5 Å². The Morgan fingerprint density at radius 3 is 2.58 bits per heavy atom. The smallest absolute Gasteiger partial charge is 0.256 e. The molecule has 3 aromatic rings. The number of nitrogens with zero attached hydrogens (tertiary/aromatic N) is 4. The van der Waals surface area contributed by atoms with Crippen LogP contribution in [0.5, 0.6) is 5.88 Å². The predicted molar refractivity (Wildman–Crippen MR) is 138 cm³/mol. The molecule has 38 heavy (non-hydrogen) atoms. The van der Waals surface area contributed by atoms with Crippen LogP contribution in [0.4, 0.5) is 8.78 Å². The van der Waals surface area contributed by atoms with Gasteiger partial charge in [-0.15, -0.1) is 0 Å². The Labute approximate surface area is 220 Å². The summed E-state index contributed by atoms with van der Waals surface area (Å²) in [7, 11) is 0. The fourth-order valence-electron chi connectivity index (χ4n) is 5.31. The number of hydrogen-bond acceptors (Lipinski definition) is 5. The second-order valence-corrected chi connectivity index (χ2v) is 10.3. The highest BCUT2D eigenvalue weighted by atomic mass is 19.1. The number of rotatable bonds is 6. The van der Waals surface area contributed by atoms with Crippen molar-refractivity contribution in [1.82, 2.24) is 19.8 Å². The molecule has 0 bridgehead atoms. The molecule has 0 aliphatic carbocycles. The lowest BCUT2D eigenvalue weighted by Crippen LogP contribution is -2.48. The zero-order valence-corrected chi connectivity index (χ0v) is 21.4. The average Bonchev–Trinajstić information content (AvgIpc) is 3.35. The summed E-state index contributed by atoms with van der Waals surface area (Å²) in [6.07, 6.45) is 4.78. The van der Waals surface area contributed by atoms with E-state index in [1.165, 1.54) is 18.3 Å². The van der Waals surface area contributed by atoms with Gasteiger partial charge in [-0.25, -0.2) is 13.8 Å². The number of amides is 2. The van der Waals surface area contributed by atoms with Crippen molar-refractivity contribution in [1.29, 1.82) is 0 Å². The highest BCUT2D eigenvalue weighted by Gasteiger charge is 2.43. The molecular formula is C29H30F2N4O3. The lowest BCUT2D eigenvalue weighted by atomic mass is 9.91. The lowest BCUT2D eigenvalue weighted by molar-refractivity contribution is 0.0565. The molecule has 1 aromatic carbocycles. The zero-order valence-electron chi connectivity index (χ0n) is 21.4. The van der Waals surface area contributed by atoms with Gasteiger partial charge in [0.05, 0.1) is 23.9 Å². The van der Waals surface area contributed by atoms with Crippen molar-refractivity contribution in [3.63, 3.8) is 0 Å². The molecule has 0 unspecified atom stereocenters. The van der Waals surface area contributed by atoms with E-state index in [0.29, 0.717) is 43.6 Å². The van der Waals surface area contributed by atoms with E-state index < -0.39 is 11.6 Å². The normalized spacial score (nSPS) is 19.0. The number of carbonyl (C=O) groups is 2. The van der Waals surface area contributed by atoms with Crippen molar-refractivity contribution in [2.45, 2.75) is 32.7 Å². The van der Waals surface area contributed by atoms with Crippen LogP contribution in [0.3, 0.4) is 0 Å². The monoisotopic (exact) mass is 520 g/mol. The minimum Gasteiger partial charge on any atom is -0.477 e. The minimum absolute atomic E-state index is 0.124. The van der Waals surface area contributed by atoms with Crippen molar-refractivity contribution >= 4 is 11.8 Å². The standard InChI is InChI=1S/C29H30F2N4O3/c1-18(2)17-38-26-13-19(7-9-32-26)28(36)34-15-20-5-4-10-35(25(20)16-34)29(37)24-6-3-8-33-27(24)21-11-22(30)14-23(31)12-21/h3,6-9,11-14,18,20,25H,4-5,10,15-17H2,1-2H3/t20-,25+/m1/s1. The summed E-state index contributed by atoms with van der Waals surface area (Å²) in [5, 5.41) is 0. The molecule has 198 valence electrons. The van der Waals surface area contributed by atoms with Gasteiger partial charge in [0.15, 0.2) is 0 Å². The van der Waals surface area contributed by atoms with E-state index in [0.717, 1.165) is 18.9 Å². The SMILES string of the molecule is CC(C)COc1cc(C(=O)N2C[C@H]3CCCN(C(=O)c4cccnc4-c4cc(F)cc(F)c4)[C@H]3C2)ccn1. The van der Waals surface area contributed by atoms with E-state index in [9.17, 15) is 18.4 Å². The molecule has 9 heteroatoms. The van der Waals surface area contributed by atoms with Crippen LogP contribution in [-0.2, 0) is 0 Å². The van der Waals surface area contributed by atoms with E-state index >= 15 is 0 Å². The second-order valence-electron chi connectivity index (χ2n) is 10.3. The van der Waals surface area contributed by atoms with Gasteiger partial charge in [0.1, 0.15) is 11.6 Å². The molecule has 4 heterocycles. The first-order chi connectivity index (χ1) is 18.3. The van der Waals surface area contributed by atoms with Crippen molar-refractivity contribution in [3.8, 4) is 17.1 Å². The van der Waals surface area contributed by atoms with Gasteiger partial charge in [0.25, 0.3) is 11.8 Å². The Kier molecular flexibility index (Phi) is 7.35. The first kappa shape index (κ1) is 25.8. The van der Waals surface area contributed by atoms with Crippen LogP contribution in [0.15, 0.2) is 54.9 Å². The van der Waals surface area contributed by atoms with Gasteiger partial charge in [-0.1, -0.05) is 13.8 Å². The Balaban J connectivity index is 1.36. The molecule has 7 nitrogen and oxygen atoms in total. The fourth-order valence-corrected chi connectivity index (χ4v) is 5.31. The Hall–Kier alpha value is -3.88. The predicted octanol–water partition coefficient (Wildman–Crippen LogP) is 4.83. The van der Waals surface area contributed by atoms with Crippen LogP contribution < -0.4 is 4.74 Å². The molecule has 2 aliphatic heterocycles. The largest absolute Gasteiger partial charge is 0.477 e. The molecule has 0 saturated carbocycles. The van der Waals surface area contributed by atoms with Gasteiger partial charge >= 0.3 is 0 Å². The van der Waals surface area contributed by atoms with Crippen molar-refractivity contribution in [2.24, 2.45) is 11.8 Å². The van der Waals surface area contributed by atoms with E-state index in [-0.39, 0.29) is 40.6 Å². The third-order valence-corrected chi connectivity index (χ3v) is 7.05. The maximum Gasteiger partial charge on any atom is 0.256 e. The molecule has 5 rings (SSSR count). The Morgan fingerprint density at radius 1 is 1.03 bits per heavy atom. The molecule has 2 atom stereocenters. The van der Waals surface area contributed by atoms with Crippen LogP contribution in [0.25, 0.3) is 11.3 Å². The number of pyridine rings is 2. The molecule has 2 aromatic heterocycles. The number of aromatic nitrogens is 2. The lowest BCUT2D eigenvalue weighted by Gasteiger charge is -2.37. The van der Waals surface area contributed by atoms with Crippen LogP contribution in [0.2, 0.25) is 0 Å². The zero-order chi connectivity index (χ0) is 26.8. The molecule has 0 radical (unpaired) electrons. The van der Waals surface area contributed by atoms with Gasteiger partial charge in [-0.3, -0.25) is 14.6 Å². The van der Waals surface area contributed by atoms with Gasteiger partial charge in [-0.2, -0.15) is 0 Å². The highest BCUT2D eigenvalue weighted by molar-refractivity contribution is 6.00. The number of halogens is 2. The van der Waals surface area contributed by atoms with Crippen LogP contribution >= 0.6 is 0 Å². The summed E-state index contributed by atoms with van der Waals surface area (Å²) in [5.41, 5.74) is 1.22. The van der Waals surface area contributed by atoms with Crippen LogP contribution in [0.1, 0.15) is 47.4 Å². The molecule has 2 saturated heterocycles. The van der Waals surface area contributed by atoms with E-state index in [1.807, 2.05) is 13.8 Å². The number of ether oxygens (including phenoxy) is 1. The van der Waals surface area contributed by atoms with Crippen molar-refractivity contribution in [2.75, 3.05) is 26.2 Å². The average molecular weight is 521 g/mol. The Bertz CT molecular complexity index is 1330. The van der Waals surface area contributed by atoms with Crippen LogP contribution in [0, 0.1) is 23.5 Å². The van der Waals surface area contributed by atoms with E-state index in [4.69, 9.17) is 4.74 Å². The number of fused-ring (bicyclic) bond motifs is 1. The fraction of sp³-hybridized carbons (Fsp3) is 0.379. The summed E-state index contributed by atoms with van der Waals surface area (Å²) < 4.78 is 33.5. The highest BCUT2D eigenvalue weighted by Crippen LogP contribution is 2.34. The third kappa shape index (κ3) is 5.37. The first-order valence-electron chi connectivity index (χ1n) is 12.9. The van der Waals surface area contributed by atoms with Crippen molar-refractivity contribution < 1.29 is 23.1 Å². The molecule has 0 N–H and O–H groups in total. The minimum atomic E-state index is -0.735. The maximum absolute atomic E-state index is 13.9. The number of likely N-dealkylation sites (tertiary alicyclic amines) is 2. The molecule has 0 spiro atoms. The summed E-state index contributed by atoms with van der Waals surface area (Å²) in [6.45, 7) is 6.08. The number of hydrogen-bond donors (Lipinski definition) is 0. The van der Waals surface area contributed by atoms with Gasteiger partial charge in [0.2, 0.25) is 5.88 Å². The summed E-state index contributed by atoms with van der Waals surface area (Å²) in [6, 6.07) is 9.58. The van der Waals surface area contributed by atoms with E-state index in [2.05, 4.69) is 9.97 Å². The van der Waals surface area contributed by atoms with Gasteiger partial charge in [0, 0.05) is 55.3 Å². The quantitative estimate of drug-likeness (QED) is 0.465. The van der Waals surface area contributed by atoms with E-state index in [1.54, 1.807) is 40.3 Å². The molecule has 2 aliphatic rings.